The molecule has 0 amide bonds. The summed E-state index contributed by atoms with van der Waals surface area (Å²) in [6, 6.07) is 48.4. The van der Waals surface area contributed by atoms with Crippen LogP contribution in [-0.4, -0.2) is 4.57 Å². The maximum absolute atomic E-state index is 3.61. The average Bonchev–Trinajstić information content (AvgIpc) is 3.47. The number of anilines is 3. The van der Waals surface area contributed by atoms with Crippen LogP contribution in [0.3, 0.4) is 0 Å². The van der Waals surface area contributed by atoms with E-state index in [1.54, 1.807) is 0 Å². The molecule has 0 atom stereocenters. The smallest absolute Gasteiger partial charge is 0.0544 e. The van der Waals surface area contributed by atoms with Gasteiger partial charge in [-0.2, -0.15) is 0 Å². The largest absolute Gasteiger partial charge is 0.310 e. The van der Waals surface area contributed by atoms with Crippen molar-refractivity contribution in [3.63, 3.8) is 0 Å². The molecule has 0 spiro atoms. The van der Waals surface area contributed by atoms with E-state index in [2.05, 4.69) is 189 Å². The van der Waals surface area contributed by atoms with Gasteiger partial charge in [-0.15, -0.1) is 0 Å². The minimum atomic E-state index is -0.169. The third-order valence-electron chi connectivity index (χ3n) is 8.89. The molecule has 8 rings (SSSR count). The summed E-state index contributed by atoms with van der Waals surface area (Å²) in [5.41, 5.74) is 12.2. The molecule has 208 valence electrons. The molecule has 6 aromatic carbocycles. The van der Waals surface area contributed by atoms with E-state index < -0.39 is 0 Å². The molecule has 1 aliphatic carbocycles. The van der Waals surface area contributed by atoms with Crippen LogP contribution in [0, 0.1) is 0 Å². The van der Waals surface area contributed by atoms with Crippen molar-refractivity contribution in [2.75, 3.05) is 4.90 Å². The Bertz CT molecular complexity index is 2110. The molecule has 2 nitrogen and oxygen atoms in total. The van der Waals surface area contributed by atoms with Crippen molar-refractivity contribution in [2.24, 2.45) is 0 Å². The lowest BCUT2D eigenvalue weighted by Gasteiger charge is -2.28. The van der Waals surface area contributed by atoms with Gasteiger partial charge in [0.2, 0.25) is 0 Å². The number of para-hydroxylation sites is 2. The monoisotopic (exact) mass is 682 g/mol. The van der Waals surface area contributed by atoms with E-state index in [1.165, 1.54) is 49.7 Å². The Morgan fingerprint density at radius 1 is 0.512 bits per heavy atom. The highest BCUT2D eigenvalue weighted by Crippen LogP contribution is 2.52. The number of hydrogen-bond acceptors (Lipinski definition) is 1. The van der Waals surface area contributed by atoms with Crippen LogP contribution in [0.5, 0.6) is 0 Å². The summed E-state index contributed by atoms with van der Waals surface area (Å²) < 4.78 is 4.55. The molecule has 7 aromatic rings. The number of halogens is 2. The zero-order valence-electron chi connectivity index (χ0n) is 23.9. The number of hydrogen-bond donors (Lipinski definition) is 0. The van der Waals surface area contributed by atoms with Gasteiger partial charge >= 0.3 is 0 Å². The summed E-state index contributed by atoms with van der Waals surface area (Å²) >= 11 is 7.22. The van der Waals surface area contributed by atoms with Crippen molar-refractivity contribution in [2.45, 2.75) is 19.3 Å². The molecule has 43 heavy (non-hydrogen) atoms. The highest BCUT2D eigenvalue weighted by molar-refractivity contribution is 9.10. The van der Waals surface area contributed by atoms with Crippen LogP contribution in [-0.2, 0) is 5.41 Å². The molecular weight excluding hydrogens is 656 g/mol. The van der Waals surface area contributed by atoms with Gasteiger partial charge in [-0.25, -0.2) is 0 Å². The molecule has 1 aliphatic rings. The van der Waals surface area contributed by atoms with E-state index in [4.69, 9.17) is 0 Å². The average molecular weight is 684 g/mol. The predicted molar refractivity (Wildman–Crippen MR) is 188 cm³/mol. The van der Waals surface area contributed by atoms with E-state index in [1.807, 2.05) is 0 Å². The van der Waals surface area contributed by atoms with Crippen molar-refractivity contribution in [3.8, 4) is 16.8 Å². The number of aromatic nitrogens is 1. The SMILES string of the molecule is CC1(C)c2cc(N(c3ccc(Br)cc3)c3ccc(Br)cc3)ccc2-c2cc3c4ccccc4n(-c4ccccc4)c3cc21. The third-order valence-corrected chi connectivity index (χ3v) is 9.95. The number of rotatable bonds is 4. The Kier molecular flexibility index (Phi) is 6.15. The standard InChI is InChI=1S/C39H28Br2N2/c1-39(2)35-22-30(42(28-16-12-25(40)13-17-28)29-18-14-26(41)15-19-29)20-21-31(35)33-23-34-32-10-6-7-11-37(32)43(38(34)24-36(33)39)27-8-4-3-5-9-27/h3-24H,1-2H3. The minimum absolute atomic E-state index is 0.169. The Balaban J connectivity index is 1.33. The summed E-state index contributed by atoms with van der Waals surface area (Å²) in [7, 11) is 0. The fraction of sp³-hybridized carbons (Fsp3) is 0.0769. The number of benzene rings is 6. The lowest BCUT2D eigenvalue weighted by molar-refractivity contribution is 0.661. The van der Waals surface area contributed by atoms with Crippen molar-refractivity contribution >= 4 is 70.7 Å². The molecule has 0 bridgehead atoms. The number of fused-ring (bicyclic) bond motifs is 6. The van der Waals surface area contributed by atoms with Crippen LogP contribution in [0.4, 0.5) is 17.1 Å². The first-order chi connectivity index (χ1) is 20.9. The highest BCUT2D eigenvalue weighted by Gasteiger charge is 2.37. The highest BCUT2D eigenvalue weighted by atomic mass is 79.9. The van der Waals surface area contributed by atoms with Crippen LogP contribution in [0.25, 0.3) is 38.6 Å². The van der Waals surface area contributed by atoms with E-state index in [-0.39, 0.29) is 5.41 Å². The first-order valence-electron chi connectivity index (χ1n) is 14.5. The van der Waals surface area contributed by atoms with Crippen LogP contribution < -0.4 is 4.90 Å². The van der Waals surface area contributed by atoms with E-state index in [0.29, 0.717) is 0 Å². The van der Waals surface area contributed by atoms with Gasteiger partial charge in [-0.1, -0.05) is 88.2 Å². The first kappa shape index (κ1) is 26.5. The summed E-state index contributed by atoms with van der Waals surface area (Å²) in [5.74, 6) is 0. The quantitative estimate of drug-likeness (QED) is 0.179. The molecule has 0 radical (unpaired) electrons. The van der Waals surface area contributed by atoms with Crippen molar-refractivity contribution < 1.29 is 0 Å². The minimum Gasteiger partial charge on any atom is -0.310 e. The van der Waals surface area contributed by atoms with E-state index >= 15 is 0 Å². The zero-order valence-corrected chi connectivity index (χ0v) is 27.0. The van der Waals surface area contributed by atoms with Crippen LogP contribution in [0.15, 0.2) is 142 Å². The summed E-state index contributed by atoms with van der Waals surface area (Å²) in [6.07, 6.45) is 0. The van der Waals surface area contributed by atoms with Crippen molar-refractivity contribution in [1.29, 1.82) is 0 Å². The van der Waals surface area contributed by atoms with Gasteiger partial charge in [0.1, 0.15) is 0 Å². The molecule has 0 saturated carbocycles. The van der Waals surface area contributed by atoms with Gasteiger partial charge in [0.15, 0.2) is 0 Å². The Morgan fingerprint density at radius 2 is 1.09 bits per heavy atom. The van der Waals surface area contributed by atoms with Crippen LogP contribution in [0.2, 0.25) is 0 Å². The van der Waals surface area contributed by atoms with Gasteiger partial charge < -0.3 is 9.47 Å². The van der Waals surface area contributed by atoms with Gasteiger partial charge in [-0.05, 0) is 113 Å². The molecule has 1 heterocycles. The van der Waals surface area contributed by atoms with Crippen LogP contribution >= 0.6 is 31.9 Å². The van der Waals surface area contributed by atoms with Crippen LogP contribution in [0.1, 0.15) is 25.0 Å². The predicted octanol–water partition coefficient (Wildman–Crippen LogP) is 12.1. The van der Waals surface area contributed by atoms with Gasteiger partial charge in [0, 0.05) is 47.9 Å². The summed E-state index contributed by atoms with van der Waals surface area (Å²) in [4.78, 5) is 2.34. The molecule has 4 heteroatoms. The lowest BCUT2D eigenvalue weighted by atomic mass is 9.82. The first-order valence-corrected chi connectivity index (χ1v) is 16.1. The summed E-state index contributed by atoms with van der Waals surface area (Å²) in [6.45, 7) is 4.73. The normalized spacial score (nSPS) is 13.3. The topological polar surface area (TPSA) is 8.17 Å². The maximum Gasteiger partial charge on any atom is 0.0544 e. The third kappa shape index (κ3) is 4.19. The molecule has 0 unspecified atom stereocenters. The lowest BCUT2D eigenvalue weighted by Crippen LogP contribution is -2.16. The summed E-state index contributed by atoms with van der Waals surface area (Å²) in [5, 5.41) is 2.57. The Hall–Kier alpha value is -4.12. The fourth-order valence-electron chi connectivity index (χ4n) is 6.81. The molecular formula is C39H28Br2N2. The Labute approximate surface area is 268 Å². The van der Waals surface area contributed by atoms with Crippen molar-refractivity contribution in [3.05, 3.63) is 154 Å². The molecule has 0 aliphatic heterocycles. The van der Waals surface area contributed by atoms with E-state index in [9.17, 15) is 0 Å². The molecule has 0 fully saturated rings. The van der Waals surface area contributed by atoms with E-state index in [0.717, 1.165) is 26.0 Å². The maximum atomic E-state index is 3.61. The second-order valence-corrected chi connectivity index (χ2v) is 13.6. The molecule has 0 N–H and O–H groups in total. The second kappa shape index (κ2) is 9.97. The van der Waals surface area contributed by atoms with Gasteiger partial charge in [0.25, 0.3) is 0 Å². The zero-order chi connectivity index (χ0) is 29.3. The molecule has 1 aromatic heterocycles. The van der Waals surface area contributed by atoms with Crippen molar-refractivity contribution in [1.82, 2.24) is 4.57 Å². The second-order valence-electron chi connectivity index (χ2n) is 11.7. The Morgan fingerprint density at radius 3 is 1.77 bits per heavy atom. The van der Waals surface area contributed by atoms with Gasteiger partial charge in [-0.3, -0.25) is 0 Å². The molecule has 0 saturated heterocycles. The van der Waals surface area contributed by atoms with Gasteiger partial charge in [0.05, 0.1) is 11.0 Å². The number of nitrogens with zero attached hydrogens (tertiary/aromatic N) is 2. The fourth-order valence-corrected chi connectivity index (χ4v) is 7.33.